The van der Waals surface area contributed by atoms with Crippen LogP contribution in [0.2, 0.25) is 0 Å². The molecule has 1 aromatic carbocycles. The van der Waals surface area contributed by atoms with Gasteiger partial charge in [0.1, 0.15) is 11.8 Å². The van der Waals surface area contributed by atoms with E-state index in [2.05, 4.69) is 22.4 Å². The molecule has 1 aliphatic rings. The molecule has 1 aromatic heterocycles. The second-order valence-corrected chi connectivity index (χ2v) is 4.81. The maximum atomic E-state index is 12.2. The molecule has 0 aliphatic heterocycles. The second-order valence-electron chi connectivity index (χ2n) is 4.81. The summed E-state index contributed by atoms with van der Waals surface area (Å²) in [5, 5.41) is 11.7. The van der Waals surface area contributed by atoms with Crippen molar-refractivity contribution in [3.8, 4) is 6.07 Å². The number of fused-ring (bicyclic) bond motifs is 1. The van der Waals surface area contributed by atoms with Gasteiger partial charge in [-0.3, -0.25) is 4.79 Å². The summed E-state index contributed by atoms with van der Waals surface area (Å²) in [6, 6.07) is 13.4. The van der Waals surface area contributed by atoms with E-state index < -0.39 is 0 Å². The number of benzene rings is 1. The SMILES string of the molecule is N#Cc1ccc(C(=O)NC2CCc3ccccc32)cn1. The van der Waals surface area contributed by atoms with Gasteiger partial charge in [-0.05, 0) is 36.1 Å². The summed E-state index contributed by atoms with van der Waals surface area (Å²) >= 11 is 0. The van der Waals surface area contributed by atoms with E-state index in [0.29, 0.717) is 11.3 Å². The summed E-state index contributed by atoms with van der Waals surface area (Å²) in [7, 11) is 0. The van der Waals surface area contributed by atoms with Gasteiger partial charge in [0.2, 0.25) is 0 Å². The van der Waals surface area contributed by atoms with Gasteiger partial charge in [-0.2, -0.15) is 5.26 Å². The number of nitriles is 1. The fraction of sp³-hybridized carbons (Fsp3) is 0.188. The van der Waals surface area contributed by atoms with E-state index >= 15 is 0 Å². The first-order valence-electron chi connectivity index (χ1n) is 6.53. The number of hydrogen-bond acceptors (Lipinski definition) is 3. The van der Waals surface area contributed by atoms with Gasteiger partial charge in [0.15, 0.2) is 0 Å². The molecule has 20 heavy (non-hydrogen) atoms. The van der Waals surface area contributed by atoms with Crippen molar-refractivity contribution in [2.45, 2.75) is 18.9 Å². The normalized spacial score (nSPS) is 16.2. The first-order valence-corrected chi connectivity index (χ1v) is 6.53. The lowest BCUT2D eigenvalue weighted by molar-refractivity contribution is 0.0936. The third-order valence-corrected chi connectivity index (χ3v) is 3.58. The van der Waals surface area contributed by atoms with Gasteiger partial charge in [0.05, 0.1) is 11.6 Å². The number of aromatic nitrogens is 1. The zero-order valence-corrected chi connectivity index (χ0v) is 10.8. The summed E-state index contributed by atoms with van der Waals surface area (Å²) in [6.45, 7) is 0. The van der Waals surface area contributed by atoms with Crippen molar-refractivity contribution in [3.63, 3.8) is 0 Å². The fourth-order valence-electron chi connectivity index (χ4n) is 2.54. The summed E-state index contributed by atoms with van der Waals surface area (Å²) in [5.41, 5.74) is 3.29. The molecule has 1 heterocycles. The highest BCUT2D eigenvalue weighted by Crippen LogP contribution is 2.30. The molecule has 0 saturated heterocycles. The smallest absolute Gasteiger partial charge is 0.253 e. The minimum Gasteiger partial charge on any atom is -0.345 e. The van der Waals surface area contributed by atoms with Crippen LogP contribution in [-0.4, -0.2) is 10.9 Å². The molecule has 1 amide bonds. The van der Waals surface area contributed by atoms with Crippen LogP contribution in [0.25, 0.3) is 0 Å². The van der Waals surface area contributed by atoms with E-state index in [-0.39, 0.29) is 11.9 Å². The van der Waals surface area contributed by atoms with E-state index in [1.807, 2.05) is 18.2 Å². The maximum Gasteiger partial charge on any atom is 0.253 e. The molecule has 98 valence electrons. The van der Waals surface area contributed by atoms with E-state index in [1.54, 1.807) is 12.1 Å². The summed E-state index contributed by atoms with van der Waals surface area (Å²) in [6.07, 6.45) is 3.36. The first-order chi connectivity index (χ1) is 9.78. The molecular weight excluding hydrogens is 250 g/mol. The summed E-state index contributed by atoms with van der Waals surface area (Å²) in [5.74, 6) is -0.149. The van der Waals surface area contributed by atoms with Crippen LogP contribution in [0.15, 0.2) is 42.6 Å². The van der Waals surface area contributed by atoms with Gasteiger partial charge >= 0.3 is 0 Å². The molecule has 1 N–H and O–H groups in total. The van der Waals surface area contributed by atoms with Crippen molar-refractivity contribution < 1.29 is 4.79 Å². The van der Waals surface area contributed by atoms with Crippen molar-refractivity contribution in [2.24, 2.45) is 0 Å². The van der Waals surface area contributed by atoms with E-state index in [0.717, 1.165) is 12.8 Å². The number of aryl methyl sites for hydroxylation is 1. The Morgan fingerprint density at radius 1 is 1.30 bits per heavy atom. The Kier molecular flexibility index (Phi) is 3.18. The molecule has 0 spiro atoms. The van der Waals surface area contributed by atoms with Gasteiger partial charge in [0, 0.05) is 6.20 Å². The number of amides is 1. The predicted molar refractivity (Wildman–Crippen MR) is 73.9 cm³/mol. The molecule has 0 fully saturated rings. The van der Waals surface area contributed by atoms with Crippen LogP contribution in [0.5, 0.6) is 0 Å². The first kappa shape index (κ1) is 12.4. The summed E-state index contributed by atoms with van der Waals surface area (Å²) in [4.78, 5) is 16.1. The molecule has 3 rings (SSSR count). The monoisotopic (exact) mass is 263 g/mol. The molecule has 4 heteroatoms. The topological polar surface area (TPSA) is 65.8 Å². The van der Waals surface area contributed by atoms with Crippen LogP contribution in [0, 0.1) is 11.3 Å². The minimum atomic E-state index is -0.149. The second kappa shape index (κ2) is 5.14. The van der Waals surface area contributed by atoms with Gasteiger partial charge in [-0.25, -0.2) is 4.98 Å². The standard InChI is InChI=1S/C16H13N3O/c17-9-13-7-5-12(10-18-13)16(20)19-15-8-6-11-3-1-2-4-14(11)15/h1-5,7,10,15H,6,8H2,(H,19,20). The van der Waals surface area contributed by atoms with E-state index in [9.17, 15) is 4.79 Å². The Balaban J connectivity index is 1.75. The Hall–Kier alpha value is -2.67. The molecular formula is C16H13N3O. The quantitative estimate of drug-likeness (QED) is 0.904. The van der Waals surface area contributed by atoms with E-state index in [1.165, 1.54) is 17.3 Å². The zero-order chi connectivity index (χ0) is 13.9. The Morgan fingerprint density at radius 3 is 2.90 bits per heavy atom. The van der Waals surface area contributed by atoms with E-state index in [4.69, 9.17) is 5.26 Å². The number of carbonyl (C=O) groups excluding carboxylic acids is 1. The van der Waals surface area contributed by atoms with Crippen LogP contribution in [0.1, 0.15) is 39.6 Å². The Bertz CT molecular complexity index is 686. The molecule has 0 radical (unpaired) electrons. The highest BCUT2D eigenvalue weighted by atomic mass is 16.1. The van der Waals surface area contributed by atoms with Crippen molar-refractivity contribution >= 4 is 5.91 Å². The number of rotatable bonds is 2. The number of carbonyl (C=O) groups is 1. The number of pyridine rings is 1. The predicted octanol–water partition coefficient (Wildman–Crippen LogP) is 2.37. The van der Waals surface area contributed by atoms with Gasteiger partial charge in [0.25, 0.3) is 5.91 Å². The largest absolute Gasteiger partial charge is 0.345 e. The van der Waals surface area contributed by atoms with Crippen molar-refractivity contribution in [1.29, 1.82) is 5.26 Å². The highest BCUT2D eigenvalue weighted by molar-refractivity contribution is 5.94. The number of nitrogens with zero attached hydrogens (tertiary/aromatic N) is 2. The van der Waals surface area contributed by atoms with Gasteiger partial charge in [-0.15, -0.1) is 0 Å². The maximum absolute atomic E-state index is 12.2. The van der Waals surface area contributed by atoms with Crippen molar-refractivity contribution in [1.82, 2.24) is 10.3 Å². The summed E-state index contributed by atoms with van der Waals surface area (Å²) < 4.78 is 0. The molecule has 1 atom stereocenters. The number of nitrogens with one attached hydrogen (secondary N) is 1. The fourth-order valence-corrected chi connectivity index (χ4v) is 2.54. The average Bonchev–Trinajstić information content (AvgIpc) is 2.91. The Labute approximate surface area is 117 Å². The zero-order valence-electron chi connectivity index (χ0n) is 10.8. The molecule has 0 saturated carbocycles. The van der Waals surface area contributed by atoms with Crippen LogP contribution < -0.4 is 5.32 Å². The average molecular weight is 263 g/mol. The van der Waals surface area contributed by atoms with Crippen LogP contribution in [-0.2, 0) is 6.42 Å². The number of hydrogen-bond donors (Lipinski definition) is 1. The Morgan fingerprint density at radius 2 is 2.15 bits per heavy atom. The minimum absolute atomic E-state index is 0.0642. The third-order valence-electron chi connectivity index (χ3n) is 3.58. The lowest BCUT2D eigenvalue weighted by atomic mass is 10.1. The van der Waals surface area contributed by atoms with Gasteiger partial charge < -0.3 is 5.32 Å². The van der Waals surface area contributed by atoms with Crippen LogP contribution >= 0.6 is 0 Å². The van der Waals surface area contributed by atoms with Crippen LogP contribution in [0.3, 0.4) is 0 Å². The molecule has 1 unspecified atom stereocenters. The lowest BCUT2D eigenvalue weighted by Gasteiger charge is -2.13. The third kappa shape index (κ3) is 2.26. The lowest BCUT2D eigenvalue weighted by Crippen LogP contribution is -2.27. The molecule has 4 nitrogen and oxygen atoms in total. The highest BCUT2D eigenvalue weighted by Gasteiger charge is 2.23. The van der Waals surface area contributed by atoms with Crippen LogP contribution in [0.4, 0.5) is 0 Å². The van der Waals surface area contributed by atoms with Crippen molar-refractivity contribution in [3.05, 3.63) is 65.0 Å². The molecule has 2 aromatic rings. The van der Waals surface area contributed by atoms with Gasteiger partial charge in [-0.1, -0.05) is 24.3 Å². The molecule has 1 aliphatic carbocycles. The molecule has 0 bridgehead atoms. The van der Waals surface area contributed by atoms with Crippen molar-refractivity contribution in [2.75, 3.05) is 0 Å².